The molecule has 3 heterocycles. The molecule has 0 aliphatic carbocycles. The number of Topliss-reactive ketones (excluding diaryl/α,β-unsaturated/α-hetero) is 2. The van der Waals surface area contributed by atoms with Crippen LogP contribution in [0.5, 0.6) is 17.2 Å². The van der Waals surface area contributed by atoms with E-state index in [-0.39, 0.29) is 17.3 Å². The summed E-state index contributed by atoms with van der Waals surface area (Å²) in [6.07, 6.45) is 3.77. The fourth-order valence-electron chi connectivity index (χ4n) is 7.35. The summed E-state index contributed by atoms with van der Waals surface area (Å²) in [4.78, 5) is 46.7. The van der Waals surface area contributed by atoms with Crippen molar-refractivity contribution in [3.8, 4) is 17.2 Å². The molecule has 8 heteroatoms. The van der Waals surface area contributed by atoms with Crippen molar-refractivity contribution in [2.75, 3.05) is 26.6 Å². The van der Waals surface area contributed by atoms with Crippen LogP contribution in [0.2, 0.25) is 0 Å². The number of nitrogens with one attached hydrogen (secondary N) is 1. The van der Waals surface area contributed by atoms with Gasteiger partial charge in [-0.1, -0.05) is 54.6 Å². The molecular weight excluding hydrogens is 556 g/mol. The Labute approximate surface area is 254 Å². The molecule has 1 spiro atoms. The van der Waals surface area contributed by atoms with Crippen molar-refractivity contribution in [2.45, 2.75) is 17.5 Å². The zero-order chi connectivity index (χ0) is 30.6. The van der Waals surface area contributed by atoms with Crippen molar-refractivity contribution in [3.05, 3.63) is 125 Å². The van der Waals surface area contributed by atoms with Gasteiger partial charge in [-0.3, -0.25) is 14.4 Å². The zero-order valence-electron chi connectivity index (χ0n) is 24.4. The van der Waals surface area contributed by atoms with Gasteiger partial charge < -0.3 is 24.4 Å². The maximum absolute atomic E-state index is 15.2. The van der Waals surface area contributed by atoms with Crippen LogP contribution in [-0.2, 0) is 10.2 Å². The summed E-state index contributed by atoms with van der Waals surface area (Å²) in [5, 5.41) is 3.07. The number of methoxy groups -OCH3 is 3. The maximum Gasteiger partial charge on any atom is 0.238 e. The Kier molecular flexibility index (Phi) is 6.50. The van der Waals surface area contributed by atoms with E-state index in [0.717, 1.165) is 11.1 Å². The third-order valence-electron chi connectivity index (χ3n) is 9.17. The van der Waals surface area contributed by atoms with Gasteiger partial charge in [0, 0.05) is 11.9 Å². The summed E-state index contributed by atoms with van der Waals surface area (Å²) < 4.78 is 16.7. The van der Waals surface area contributed by atoms with Crippen molar-refractivity contribution in [3.63, 3.8) is 0 Å². The van der Waals surface area contributed by atoms with E-state index in [1.165, 1.54) is 21.3 Å². The van der Waals surface area contributed by atoms with Crippen LogP contribution >= 0.6 is 0 Å². The van der Waals surface area contributed by atoms with Crippen LogP contribution in [0.4, 0.5) is 5.69 Å². The molecule has 3 aliphatic heterocycles. The Morgan fingerprint density at radius 1 is 0.773 bits per heavy atom. The highest BCUT2D eigenvalue weighted by molar-refractivity contribution is 6.17. The molecule has 0 aromatic heterocycles. The van der Waals surface area contributed by atoms with E-state index in [2.05, 4.69) is 5.32 Å². The lowest BCUT2D eigenvalue weighted by molar-refractivity contribution is -0.122. The minimum absolute atomic E-state index is 0.225. The summed E-state index contributed by atoms with van der Waals surface area (Å²) in [6.45, 7) is 0. The fraction of sp³-hybridized carbons (Fsp3) is 0.194. The molecule has 0 bridgehead atoms. The van der Waals surface area contributed by atoms with Crippen molar-refractivity contribution >= 4 is 29.2 Å². The fourth-order valence-corrected chi connectivity index (χ4v) is 7.35. The highest BCUT2D eigenvalue weighted by Gasteiger charge is 2.71. The van der Waals surface area contributed by atoms with Gasteiger partial charge in [-0.05, 0) is 59.2 Å². The minimum Gasteiger partial charge on any atom is -0.497 e. The average molecular weight is 587 g/mol. The van der Waals surface area contributed by atoms with Gasteiger partial charge >= 0.3 is 0 Å². The number of ether oxygens (including phenoxy) is 3. The number of carbonyl (C=O) groups is 3. The lowest BCUT2D eigenvalue weighted by Crippen LogP contribution is -2.49. The minimum atomic E-state index is -1.47. The average Bonchev–Trinajstić information content (AvgIpc) is 3.55. The summed E-state index contributed by atoms with van der Waals surface area (Å²) in [7, 11) is 4.51. The normalized spacial score (nSPS) is 22.6. The number of benzene rings is 4. The van der Waals surface area contributed by atoms with Crippen LogP contribution in [0.1, 0.15) is 43.4 Å². The molecule has 8 nitrogen and oxygen atoms in total. The first-order chi connectivity index (χ1) is 21.4. The zero-order valence-corrected chi connectivity index (χ0v) is 24.4. The molecule has 4 aromatic rings. The molecule has 1 fully saturated rings. The molecule has 4 atom stereocenters. The number of rotatable bonds is 7. The van der Waals surface area contributed by atoms with Crippen LogP contribution in [0, 0.1) is 5.92 Å². The van der Waals surface area contributed by atoms with Crippen LogP contribution in [0.3, 0.4) is 0 Å². The molecule has 4 aromatic carbocycles. The SMILES string of the molecule is COc1ccc(OC)c(C(=O)C2C(C(=O)c3ccccc3OC)N3C=Cc4ccccc4C3C23C(=O)Nc2ccccc23)c1. The molecule has 4 unspecified atom stereocenters. The van der Waals surface area contributed by atoms with Gasteiger partial charge in [0.05, 0.1) is 44.4 Å². The number of hydrogen-bond acceptors (Lipinski definition) is 7. The van der Waals surface area contributed by atoms with E-state index in [4.69, 9.17) is 14.2 Å². The van der Waals surface area contributed by atoms with Crippen molar-refractivity contribution < 1.29 is 28.6 Å². The summed E-state index contributed by atoms with van der Waals surface area (Å²) >= 11 is 0. The van der Waals surface area contributed by atoms with E-state index >= 15 is 4.79 Å². The highest BCUT2D eigenvalue weighted by atomic mass is 16.5. The Bertz CT molecular complexity index is 1870. The van der Waals surface area contributed by atoms with Gasteiger partial charge in [0.25, 0.3) is 0 Å². The lowest BCUT2D eigenvalue weighted by Gasteiger charge is -2.38. The molecule has 7 rings (SSSR count). The molecule has 1 N–H and O–H groups in total. The quantitative estimate of drug-likeness (QED) is 0.278. The molecule has 1 amide bonds. The highest BCUT2D eigenvalue weighted by Crippen LogP contribution is 2.62. The van der Waals surface area contributed by atoms with E-state index < -0.39 is 29.2 Å². The second-order valence-corrected chi connectivity index (χ2v) is 11.1. The van der Waals surface area contributed by atoms with E-state index in [1.807, 2.05) is 65.7 Å². The van der Waals surface area contributed by atoms with Crippen LogP contribution < -0.4 is 19.5 Å². The molecule has 3 aliphatic rings. The van der Waals surface area contributed by atoms with Crippen molar-refractivity contribution in [2.24, 2.45) is 5.92 Å². The molecule has 0 saturated carbocycles. The lowest BCUT2D eigenvalue weighted by atomic mass is 9.62. The van der Waals surface area contributed by atoms with Gasteiger partial charge in [0.1, 0.15) is 28.7 Å². The molecule has 1 saturated heterocycles. The van der Waals surface area contributed by atoms with Gasteiger partial charge in [-0.2, -0.15) is 0 Å². The molecular formula is C36H30N2O6. The second kappa shape index (κ2) is 10.4. The number of hydrogen-bond donors (Lipinski definition) is 1. The monoisotopic (exact) mass is 586 g/mol. The van der Waals surface area contributed by atoms with Gasteiger partial charge in [0.15, 0.2) is 11.6 Å². The Hall–Kier alpha value is -5.37. The molecule has 0 radical (unpaired) electrons. The number of fused-ring (bicyclic) bond motifs is 6. The Morgan fingerprint density at radius 2 is 1.48 bits per heavy atom. The topological polar surface area (TPSA) is 94.2 Å². The van der Waals surface area contributed by atoms with E-state index in [1.54, 1.807) is 42.5 Å². The van der Waals surface area contributed by atoms with Crippen LogP contribution in [-0.4, -0.2) is 49.7 Å². The summed E-state index contributed by atoms with van der Waals surface area (Å²) in [5.41, 5.74) is 2.14. The predicted molar refractivity (Wildman–Crippen MR) is 165 cm³/mol. The standard InChI is InChI=1S/C36H30N2O6/c1-42-22-16-17-29(44-3)25(20-22)32(39)30-31(33(40)24-12-6-9-15-28(24)43-2)38-19-18-21-10-4-5-11-23(21)34(38)36(30)26-13-7-8-14-27(26)37-35(36)41/h4-20,30-31,34H,1-3H3,(H,37,41). The molecule has 44 heavy (non-hydrogen) atoms. The summed E-state index contributed by atoms with van der Waals surface area (Å²) in [6, 6.07) is 25.4. The smallest absolute Gasteiger partial charge is 0.238 e. The Balaban J connectivity index is 1.56. The number of anilines is 1. The largest absolute Gasteiger partial charge is 0.497 e. The third kappa shape index (κ3) is 3.73. The number of carbonyl (C=O) groups excluding carboxylic acids is 3. The second-order valence-electron chi connectivity index (χ2n) is 11.1. The Morgan fingerprint density at radius 3 is 2.27 bits per heavy atom. The van der Waals surface area contributed by atoms with Crippen LogP contribution in [0.25, 0.3) is 6.08 Å². The first-order valence-corrected chi connectivity index (χ1v) is 14.3. The van der Waals surface area contributed by atoms with E-state index in [9.17, 15) is 9.59 Å². The first kappa shape index (κ1) is 27.5. The number of para-hydroxylation sites is 2. The van der Waals surface area contributed by atoms with Gasteiger partial charge in [-0.25, -0.2) is 0 Å². The van der Waals surface area contributed by atoms with Crippen molar-refractivity contribution in [1.82, 2.24) is 4.90 Å². The van der Waals surface area contributed by atoms with Gasteiger partial charge in [0.2, 0.25) is 5.91 Å². The first-order valence-electron chi connectivity index (χ1n) is 14.3. The predicted octanol–water partition coefficient (Wildman–Crippen LogP) is 5.69. The number of nitrogens with zero attached hydrogens (tertiary/aromatic N) is 1. The van der Waals surface area contributed by atoms with Gasteiger partial charge in [-0.15, -0.1) is 0 Å². The number of amides is 1. The number of ketones is 2. The van der Waals surface area contributed by atoms with E-state index in [0.29, 0.717) is 34.1 Å². The van der Waals surface area contributed by atoms with Crippen molar-refractivity contribution in [1.29, 1.82) is 0 Å². The third-order valence-corrected chi connectivity index (χ3v) is 9.17. The summed E-state index contributed by atoms with van der Waals surface area (Å²) in [5.74, 6) is -1.07. The molecule has 220 valence electrons. The van der Waals surface area contributed by atoms with Crippen LogP contribution in [0.15, 0.2) is 97.2 Å². The maximum atomic E-state index is 15.2.